The molecule has 0 aliphatic carbocycles. The van der Waals surface area contributed by atoms with E-state index in [9.17, 15) is 4.79 Å². The monoisotopic (exact) mass is 259 g/mol. The average molecular weight is 259 g/mol. The zero-order valence-corrected chi connectivity index (χ0v) is 11.2. The SMILES string of the molecule is Cc1cc(CN(C)C(=O)CCc2ccncc2)no1. The summed E-state index contributed by atoms with van der Waals surface area (Å²) in [6, 6.07) is 5.69. The van der Waals surface area contributed by atoms with Crippen LogP contribution in [0.4, 0.5) is 0 Å². The van der Waals surface area contributed by atoms with E-state index in [-0.39, 0.29) is 5.91 Å². The Bertz CT molecular complexity index is 537. The second-order valence-corrected chi connectivity index (χ2v) is 4.53. The summed E-state index contributed by atoms with van der Waals surface area (Å²) in [4.78, 5) is 17.6. The number of hydrogen-bond acceptors (Lipinski definition) is 4. The fraction of sp³-hybridized carbons (Fsp3) is 0.357. The number of aryl methyl sites for hydroxylation is 2. The van der Waals surface area contributed by atoms with Gasteiger partial charge in [-0.2, -0.15) is 0 Å². The molecule has 5 nitrogen and oxygen atoms in total. The van der Waals surface area contributed by atoms with Gasteiger partial charge in [-0.1, -0.05) is 5.16 Å². The summed E-state index contributed by atoms with van der Waals surface area (Å²) < 4.78 is 4.98. The molecule has 0 radical (unpaired) electrons. The summed E-state index contributed by atoms with van der Waals surface area (Å²) in [5.74, 6) is 0.852. The van der Waals surface area contributed by atoms with Crippen LogP contribution in [-0.4, -0.2) is 28.0 Å². The first-order valence-electron chi connectivity index (χ1n) is 6.20. The van der Waals surface area contributed by atoms with E-state index in [0.717, 1.165) is 23.4 Å². The highest BCUT2D eigenvalue weighted by Crippen LogP contribution is 2.07. The van der Waals surface area contributed by atoms with Crippen molar-refractivity contribution in [1.82, 2.24) is 15.0 Å². The summed E-state index contributed by atoms with van der Waals surface area (Å²) in [7, 11) is 1.78. The van der Waals surface area contributed by atoms with Gasteiger partial charge in [0.25, 0.3) is 0 Å². The molecule has 0 aromatic carbocycles. The van der Waals surface area contributed by atoms with Crippen LogP contribution in [0.2, 0.25) is 0 Å². The van der Waals surface area contributed by atoms with Crippen molar-refractivity contribution >= 4 is 5.91 Å². The Hall–Kier alpha value is -2.17. The average Bonchev–Trinajstić information content (AvgIpc) is 2.82. The second kappa shape index (κ2) is 6.13. The largest absolute Gasteiger partial charge is 0.361 e. The molecule has 0 aliphatic rings. The molecule has 0 bridgehead atoms. The minimum Gasteiger partial charge on any atom is -0.361 e. The van der Waals surface area contributed by atoms with Crippen LogP contribution in [0.5, 0.6) is 0 Å². The van der Waals surface area contributed by atoms with Crippen LogP contribution in [0.25, 0.3) is 0 Å². The normalized spacial score (nSPS) is 10.4. The minimum atomic E-state index is 0.0949. The van der Waals surface area contributed by atoms with E-state index in [1.54, 1.807) is 24.3 Å². The molecular formula is C14H17N3O2. The van der Waals surface area contributed by atoms with Crippen molar-refractivity contribution in [2.75, 3.05) is 7.05 Å². The maximum atomic E-state index is 12.0. The standard InChI is InChI=1S/C14H17N3O2/c1-11-9-13(16-19-11)10-17(2)14(18)4-3-12-5-7-15-8-6-12/h5-9H,3-4,10H2,1-2H3. The third kappa shape index (κ3) is 3.91. The first kappa shape index (κ1) is 13.3. The molecule has 2 aromatic heterocycles. The summed E-state index contributed by atoms with van der Waals surface area (Å²) >= 11 is 0. The smallest absolute Gasteiger partial charge is 0.222 e. The second-order valence-electron chi connectivity index (χ2n) is 4.53. The first-order valence-corrected chi connectivity index (χ1v) is 6.20. The Labute approximate surface area is 112 Å². The number of nitrogens with zero attached hydrogens (tertiary/aromatic N) is 3. The molecule has 100 valence electrons. The molecular weight excluding hydrogens is 242 g/mol. The van der Waals surface area contributed by atoms with Gasteiger partial charge in [0.2, 0.25) is 5.91 Å². The number of amides is 1. The Balaban J connectivity index is 1.82. The summed E-state index contributed by atoms with van der Waals surface area (Å²) in [5.41, 5.74) is 1.89. The molecule has 5 heteroatoms. The maximum Gasteiger partial charge on any atom is 0.222 e. The number of pyridine rings is 1. The highest BCUT2D eigenvalue weighted by Gasteiger charge is 2.11. The summed E-state index contributed by atoms with van der Waals surface area (Å²) in [5, 5.41) is 3.88. The van der Waals surface area contributed by atoms with E-state index in [1.165, 1.54) is 0 Å². The van der Waals surface area contributed by atoms with Gasteiger partial charge in [-0.3, -0.25) is 9.78 Å². The zero-order chi connectivity index (χ0) is 13.7. The van der Waals surface area contributed by atoms with Crippen LogP contribution in [0.1, 0.15) is 23.4 Å². The van der Waals surface area contributed by atoms with Gasteiger partial charge in [-0.25, -0.2) is 0 Å². The molecule has 2 rings (SSSR count). The van der Waals surface area contributed by atoms with Crippen molar-refractivity contribution in [3.8, 4) is 0 Å². The molecule has 0 fully saturated rings. The molecule has 2 heterocycles. The van der Waals surface area contributed by atoms with Gasteiger partial charge in [0, 0.05) is 31.9 Å². The molecule has 1 amide bonds. The lowest BCUT2D eigenvalue weighted by Gasteiger charge is -2.15. The van der Waals surface area contributed by atoms with E-state index < -0.39 is 0 Å². The van der Waals surface area contributed by atoms with Crippen LogP contribution in [0.15, 0.2) is 35.1 Å². The summed E-state index contributed by atoms with van der Waals surface area (Å²) in [6.45, 7) is 2.31. The van der Waals surface area contributed by atoms with E-state index in [1.807, 2.05) is 25.1 Å². The lowest BCUT2D eigenvalue weighted by Crippen LogP contribution is -2.26. The molecule has 0 atom stereocenters. The quantitative estimate of drug-likeness (QED) is 0.823. The Kier molecular flexibility index (Phi) is 4.28. The fourth-order valence-corrected chi connectivity index (χ4v) is 1.82. The molecule has 0 N–H and O–H groups in total. The number of rotatable bonds is 5. The van der Waals surface area contributed by atoms with Gasteiger partial charge < -0.3 is 9.42 Å². The van der Waals surface area contributed by atoms with Gasteiger partial charge in [-0.05, 0) is 31.0 Å². The van der Waals surface area contributed by atoms with Crippen molar-refractivity contribution in [3.63, 3.8) is 0 Å². The van der Waals surface area contributed by atoms with Crippen molar-refractivity contribution in [2.45, 2.75) is 26.3 Å². The number of aromatic nitrogens is 2. The topological polar surface area (TPSA) is 59.2 Å². The minimum absolute atomic E-state index is 0.0949. The third-order valence-electron chi connectivity index (χ3n) is 2.88. The Morgan fingerprint density at radius 3 is 2.74 bits per heavy atom. The van der Waals surface area contributed by atoms with Crippen LogP contribution >= 0.6 is 0 Å². The predicted molar refractivity (Wildman–Crippen MR) is 70.3 cm³/mol. The lowest BCUT2D eigenvalue weighted by atomic mass is 10.1. The van der Waals surface area contributed by atoms with Gasteiger partial charge >= 0.3 is 0 Å². The number of carbonyl (C=O) groups excluding carboxylic acids is 1. The number of hydrogen-bond donors (Lipinski definition) is 0. The van der Waals surface area contributed by atoms with Crippen LogP contribution in [-0.2, 0) is 17.8 Å². The van der Waals surface area contributed by atoms with Crippen LogP contribution in [0, 0.1) is 6.92 Å². The van der Waals surface area contributed by atoms with Crippen molar-refractivity contribution in [2.24, 2.45) is 0 Å². The van der Waals surface area contributed by atoms with Crippen LogP contribution < -0.4 is 0 Å². The Morgan fingerprint density at radius 2 is 2.11 bits per heavy atom. The summed E-state index contributed by atoms with van der Waals surface area (Å²) in [6.07, 6.45) is 4.68. The third-order valence-corrected chi connectivity index (χ3v) is 2.88. The van der Waals surface area contributed by atoms with Gasteiger partial charge in [0.05, 0.1) is 6.54 Å². The van der Waals surface area contributed by atoms with E-state index in [2.05, 4.69) is 10.1 Å². The fourth-order valence-electron chi connectivity index (χ4n) is 1.82. The van der Waals surface area contributed by atoms with E-state index in [4.69, 9.17) is 4.52 Å². The molecule has 0 saturated carbocycles. The number of carbonyl (C=O) groups is 1. The molecule has 0 unspecified atom stereocenters. The van der Waals surface area contributed by atoms with Crippen LogP contribution in [0.3, 0.4) is 0 Å². The van der Waals surface area contributed by atoms with E-state index in [0.29, 0.717) is 13.0 Å². The first-order chi connectivity index (χ1) is 9.15. The maximum absolute atomic E-state index is 12.0. The van der Waals surface area contributed by atoms with Gasteiger partial charge in [-0.15, -0.1) is 0 Å². The molecule has 0 saturated heterocycles. The van der Waals surface area contributed by atoms with Gasteiger partial charge in [0.15, 0.2) is 0 Å². The Morgan fingerprint density at radius 1 is 1.37 bits per heavy atom. The predicted octanol–water partition coefficient (Wildman–Crippen LogP) is 1.97. The lowest BCUT2D eigenvalue weighted by molar-refractivity contribution is -0.130. The molecule has 19 heavy (non-hydrogen) atoms. The molecule has 0 spiro atoms. The molecule has 0 aliphatic heterocycles. The van der Waals surface area contributed by atoms with Gasteiger partial charge in [0.1, 0.15) is 11.5 Å². The molecule has 2 aromatic rings. The van der Waals surface area contributed by atoms with E-state index >= 15 is 0 Å². The van der Waals surface area contributed by atoms with Crippen molar-refractivity contribution in [3.05, 3.63) is 47.6 Å². The zero-order valence-electron chi connectivity index (χ0n) is 11.2. The highest BCUT2D eigenvalue weighted by molar-refractivity contribution is 5.76. The van der Waals surface area contributed by atoms with Crippen molar-refractivity contribution in [1.29, 1.82) is 0 Å². The van der Waals surface area contributed by atoms with Crippen molar-refractivity contribution < 1.29 is 9.32 Å². The highest BCUT2D eigenvalue weighted by atomic mass is 16.5.